The second-order valence-electron chi connectivity index (χ2n) is 13.9. The van der Waals surface area contributed by atoms with Crippen LogP contribution in [0.5, 0.6) is 0 Å². The number of aliphatic hydroxyl groups excluding tert-OH is 17. The van der Waals surface area contributed by atoms with Gasteiger partial charge in [-0.25, -0.2) is 0 Å². The van der Waals surface area contributed by atoms with Gasteiger partial charge in [-0.1, -0.05) is 0 Å². The van der Waals surface area contributed by atoms with Crippen molar-refractivity contribution in [1.29, 1.82) is 0 Å². The van der Waals surface area contributed by atoms with E-state index in [2.05, 4.69) is 0 Å². The minimum atomic E-state index is -2.16. The van der Waals surface area contributed by atoms with Crippen molar-refractivity contribution in [3.8, 4) is 0 Å². The van der Waals surface area contributed by atoms with Gasteiger partial charge in [0.25, 0.3) is 0 Å². The van der Waals surface area contributed by atoms with Crippen LogP contribution in [0.15, 0.2) is 0 Å². The maximum Gasteiger partial charge on any atom is 0.187 e. The van der Waals surface area contributed by atoms with Crippen LogP contribution in [0.4, 0.5) is 0 Å². The zero-order chi connectivity index (χ0) is 41.3. The van der Waals surface area contributed by atoms with Crippen molar-refractivity contribution in [1.82, 2.24) is 0 Å². The molecule has 0 aromatic carbocycles. The van der Waals surface area contributed by atoms with Gasteiger partial charge in [-0.3, -0.25) is 0 Å². The molecule has 5 heterocycles. The average Bonchev–Trinajstić information content (AvgIpc) is 3.19. The predicted molar refractivity (Wildman–Crippen MR) is 167 cm³/mol. The summed E-state index contributed by atoms with van der Waals surface area (Å²) in [6.45, 7) is -4.60. The first-order chi connectivity index (χ1) is 26.5. The number of aliphatic hydroxyl groups is 17. The average molecular weight is 829 g/mol. The summed E-state index contributed by atoms with van der Waals surface area (Å²) in [5.74, 6) is 0. The molecule has 5 aliphatic heterocycles. The molecule has 17 N–H and O–H groups in total. The van der Waals surface area contributed by atoms with Crippen LogP contribution in [0.3, 0.4) is 0 Å². The largest absolute Gasteiger partial charge is 0.394 e. The molecule has 0 bridgehead atoms. The van der Waals surface area contributed by atoms with Crippen LogP contribution in [0.25, 0.3) is 0 Å². The van der Waals surface area contributed by atoms with Crippen LogP contribution in [-0.4, -0.2) is 273 Å². The summed E-state index contributed by atoms with van der Waals surface area (Å²) < 4.78 is 50.2. The van der Waals surface area contributed by atoms with E-state index >= 15 is 0 Å². The van der Waals surface area contributed by atoms with Crippen molar-refractivity contribution in [2.24, 2.45) is 0 Å². The highest BCUT2D eigenvalue weighted by Gasteiger charge is 2.57. The van der Waals surface area contributed by atoms with E-state index < -0.39 is 187 Å². The zero-order valence-corrected chi connectivity index (χ0v) is 29.2. The Morgan fingerprint density at radius 1 is 0.268 bits per heavy atom. The molecule has 0 aromatic heterocycles. The molecule has 0 radical (unpaired) electrons. The third-order valence-electron chi connectivity index (χ3n) is 10.3. The van der Waals surface area contributed by atoms with E-state index in [0.29, 0.717) is 0 Å². The molecule has 5 rings (SSSR count). The summed E-state index contributed by atoms with van der Waals surface area (Å²) >= 11 is 0. The van der Waals surface area contributed by atoms with Crippen molar-refractivity contribution in [3.05, 3.63) is 0 Å². The van der Waals surface area contributed by atoms with E-state index in [1.165, 1.54) is 0 Å². The number of ether oxygens (including phenoxy) is 9. The number of hydrogen-bond donors (Lipinski definition) is 17. The van der Waals surface area contributed by atoms with E-state index in [1.54, 1.807) is 0 Å². The molecule has 26 heteroatoms. The van der Waals surface area contributed by atoms with Gasteiger partial charge in [-0.15, -0.1) is 0 Å². The van der Waals surface area contributed by atoms with Gasteiger partial charge in [0.15, 0.2) is 31.5 Å². The first kappa shape index (κ1) is 46.0. The normalized spacial score (nSPS) is 53.2. The fourth-order valence-corrected chi connectivity index (χ4v) is 6.95. The molecule has 25 atom stereocenters. The Kier molecular flexibility index (Phi) is 16.1. The summed E-state index contributed by atoms with van der Waals surface area (Å²) in [5.41, 5.74) is 0. The molecule has 0 aromatic rings. The molecule has 5 aliphatic rings. The Morgan fingerprint density at radius 3 is 0.857 bits per heavy atom. The fraction of sp³-hybridized carbons (Fsp3) is 1.00. The molecule has 5 saturated heterocycles. The summed E-state index contributed by atoms with van der Waals surface area (Å²) in [6, 6.07) is 0. The van der Waals surface area contributed by atoms with Crippen molar-refractivity contribution in [3.63, 3.8) is 0 Å². The molecular weight excluding hydrogens is 776 g/mol. The van der Waals surface area contributed by atoms with Gasteiger partial charge in [0.1, 0.15) is 122 Å². The van der Waals surface area contributed by atoms with Gasteiger partial charge in [0.2, 0.25) is 0 Å². The zero-order valence-electron chi connectivity index (χ0n) is 29.2. The molecule has 0 unspecified atom stereocenters. The number of hydrogen-bond acceptors (Lipinski definition) is 26. The molecule has 0 saturated carbocycles. The monoisotopic (exact) mass is 828 g/mol. The van der Waals surface area contributed by atoms with E-state index in [0.717, 1.165) is 0 Å². The quantitative estimate of drug-likeness (QED) is 0.0819. The smallest absolute Gasteiger partial charge is 0.187 e. The van der Waals surface area contributed by atoms with Gasteiger partial charge in [0, 0.05) is 0 Å². The first-order valence-corrected chi connectivity index (χ1v) is 17.6. The maximum atomic E-state index is 11.3. The highest BCUT2D eigenvalue weighted by Crippen LogP contribution is 2.36. The topological polar surface area (TPSA) is 427 Å². The Labute approximate surface area is 316 Å². The second-order valence-corrected chi connectivity index (χ2v) is 13.9. The highest BCUT2D eigenvalue weighted by molar-refractivity contribution is 4.98. The molecule has 0 aliphatic carbocycles. The van der Waals surface area contributed by atoms with E-state index in [4.69, 9.17) is 42.6 Å². The number of rotatable bonds is 13. The van der Waals surface area contributed by atoms with Gasteiger partial charge in [-0.2, -0.15) is 0 Å². The van der Waals surface area contributed by atoms with Crippen molar-refractivity contribution in [2.45, 2.75) is 154 Å². The van der Waals surface area contributed by atoms with Gasteiger partial charge >= 0.3 is 0 Å². The predicted octanol–water partition coefficient (Wildman–Crippen LogP) is -11.9. The molecule has 56 heavy (non-hydrogen) atoms. The molecule has 328 valence electrons. The van der Waals surface area contributed by atoms with E-state index in [1.807, 2.05) is 0 Å². The summed E-state index contributed by atoms with van der Waals surface area (Å²) in [5, 5.41) is 177. The standard InChI is InChI=1S/C30H52O26/c31-1-6-12(37)17(42)22(26(47)48-6)53-28-24(19(44)14(39)8(3-33)50-28)55-30-25(20(45)15(40)10(5-35)52-30)56-29-23(18(43)13(38)9(4-34)51-29)54-27-21(46)16(41)11(36)7(2-32)49-27/h6-47H,1-5H2/t6-,7-,8-,9-,10-,11-,12-,13-,14-,15-,16+,17+,18+,19+,20+,21+,22+,23+,24+,25+,26+,27+,28-,29+,30-/m1/s1. The van der Waals surface area contributed by atoms with E-state index in [9.17, 15) is 86.8 Å². The van der Waals surface area contributed by atoms with Crippen LogP contribution >= 0.6 is 0 Å². The molecule has 26 nitrogen and oxygen atoms in total. The van der Waals surface area contributed by atoms with Crippen LogP contribution < -0.4 is 0 Å². The molecule has 0 amide bonds. The van der Waals surface area contributed by atoms with Crippen LogP contribution in [0.2, 0.25) is 0 Å². The summed E-state index contributed by atoms with van der Waals surface area (Å²) in [7, 11) is 0. The van der Waals surface area contributed by atoms with E-state index in [-0.39, 0.29) is 0 Å². The van der Waals surface area contributed by atoms with Crippen molar-refractivity contribution >= 4 is 0 Å². The lowest BCUT2D eigenvalue weighted by Crippen LogP contribution is -2.68. The SMILES string of the molecule is OC[C@H]1O[C@@H](O[C@@H]2[C@H](O[C@@H]3[C@@H](O[C@@H]4[C@@H](O[C@H]5[C@@H](O)[C@H](O)[C@@H](CO)O[C@@H]5O)O[C@H](CO)[C@@H](O)[C@@H]4O)O[C@H](CO)[C@@H](O)[C@@H]3O)O[C@H](CO)[C@@H](O)[C@@H]2O)[C@@H](O)[C@@H](O)[C@@H]1O. The van der Waals surface area contributed by atoms with Gasteiger partial charge in [0.05, 0.1) is 33.0 Å². The molecule has 5 fully saturated rings. The Bertz CT molecular complexity index is 1210. The third kappa shape index (κ3) is 9.16. The van der Waals surface area contributed by atoms with Crippen LogP contribution in [0, 0.1) is 0 Å². The summed E-state index contributed by atoms with van der Waals surface area (Å²) in [6.07, 6.45) is -48.2. The van der Waals surface area contributed by atoms with Crippen LogP contribution in [0.1, 0.15) is 0 Å². The lowest BCUT2D eigenvalue weighted by molar-refractivity contribution is -0.412. The lowest BCUT2D eigenvalue weighted by Gasteiger charge is -2.50. The second kappa shape index (κ2) is 19.6. The Hall–Kier alpha value is -1.04. The highest BCUT2D eigenvalue weighted by atomic mass is 16.8. The molecular formula is C30H52O26. The van der Waals surface area contributed by atoms with Gasteiger partial charge in [-0.05, 0) is 0 Å². The Balaban J connectivity index is 1.45. The van der Waals surface area contributed by atoms with Gasteiger partial charge < -0.3 is 129 Å². The fourth-order valence-electron chi connectivity index (χ4n) is 6.95. The van der Waals surface area contributed by atoms with Crippen molar-refractivity contribution in [2.75, 3.05) is 33.0 Å². The Morgan fingerprint density at radius 2 is 0.518 bits per heavy atom. The minimum absolute atomic E-state index is 0.833. The lowest BCUT2D eigenvalue weighted by atomic mass is 9.95. The minimum Gasteiger partial charge on any atom is -0.394 e. The van der Waals surface area contributed by atoms with Crippen molar-refractivity contribution < 1.29 is 129 Å². The third-order valence-corrected chi connectivity index (χ3v) is 10.3. The van der Waals surface area contributed by atoms with Crippen LogP contribution in [-0.2, 0) is 42.6 Å². The first-order valence-electron chi connectivity index (χ1n) is 17.6. The molecule has 0 spiro atoms. The summed E-state index contributed by atoms with van der Waals surface area (Å²) in [4.78, 5) is 0. The maximum absolute atomic E-state index is 11.3.